The maximum absolute atomic E-state index is 13.0. The number of amides is 1. The first-order valence-corrected chi connectivity index (χ1v) is 10.5. The molecule has 1 aliphatic rings. The predicted octanol–water partition coefficient (Wildman–Crippen LogP) is 5.01. The Hall–Kier alpha value is -3.08. The van der Waals surface area contributed by atoms with E-state index >= 15 is 0 Å². The van der Waals surface area contributed by atoms with Gasteiger partial charge in [0.05, 0.1) is 18.7 Å². The molecule has 5 nitrogen and oxygen atoms in total. The number of hydrogen-bond donors (Lipinski definition) is 1. The van der Waals surface area contributed by atoms with Gasteiger partial charge in [0.2, 0.25) is 0 Å². The fraction of sp³-hybridized carbons (Fsp3) is 0.360. The summed E-state index contributed by atoms with van der Waals surface area (Å²) in [4.78, 5) is 27.5. The summed E-state index contributed by atoms with van der Waals surface area (Å²) in [6.07, 6.45) is 3.97. The first-order valence-electron chi connectivity index (χ1n) is 10.5. The van der Waals surface area contributed by atoms with Crippen molar-refractivity contribution in [3.05, 3.63) is 70.8 Å². The quantitative estimate of drug-likeness (QED) is 0.289. The number of ether oxygens (including phenoxy) is 1. The third-order valence-electron chi connectivity index (χ3n) is 5.53. The van der Waals surface area contributed by atoms with Crippen LogP contribution in [0.5, 0.6) is 5.75 Å². The number of aryl methyl sites for hydroxylation is 1. The van der Waals surface area contributed by atoms with Crippen LogP contribution < -0.4 is 4.74 Å². The smallest absolute Gasteiger partial charge is 0.295 e. The molecular weight excluding hydrogens is 378 g/mol. The minimum Gasteiger partial charge on any atom is -0.507 e. The van der Waals surface area contributed by atoms with Gasteiger partial charge in [0.15, 0.2) is 0 Å². The Kier molecular flexibility index (Phi) is 6.93. The summed E-state index contributed by atoms with van der Waals surface area (Å²) < 4.78 is 5.34. The lowest BCUT2D eigenvalue weighted by Crippen LogP contribution is -2.30. The maximum atomic E-state index is 13.0. The van der Waals surface area contributed by atoms with Crippen LogP contribution in [0.15, 0.2) is 54.1 Å². The van der Waals surface area contributed by atoms with Gasteiger partial charge in [-0.1, -0.05) is 68.1 Å². The van der Waals surface area contributed by atoms with Gasteiger partial charge < -0.3 is 14.7 Å². The summed E-state index contributed by atoms with van der Waals surface area (Å²) >= 11 is 0. The van der Waals surface area contributed by atoms with E-state index in [1.165, 1.54) is 0 Å². The predicted molar refractivity (Wildman–Crippen MR) is 117 cm³/mol. The van der Waals surface area contributed by atoms with Gasteiger partial charge in [-0.25, -0.2) is 0 Å². The Morgan fingerprint density at radius 1 is 1.07 bits per heavy atom. The number of ketones is 1. The molecule has 0 aliphatic carbocycles. The Bertz CT molecular complexity index is 946. The van der Waals surface area contributed by atoms with Gasteiger partial charge >= 0.3 is 0 Å². The molecule has 0 bridgehead atoms. The van der Waals surface area contributed by atoms with E-state index in [9.17, 15) is 14.7 Å². The molecule has 0 radical (unpaired) electrons. The molecule has 30 heavy (non-hydrogen) atoms. The molecule has 0 spiro atoms. The summed E-state index contributed by atoms with van der Waals surface area (Å²) in [6.45, 7) is 4.55. The number of rotatable bonds is 8. The number of aliphatic hydroxyl groups excluding tert-OH is 1. The number of unbranched alkanes of at least 4 members (excludes halogenated alkanes) is 3. The number of carbonyl (C=O) groups is 2. The number of Topliss-reactive ketones (excluding diaryl/α,β-unsaturated/α-hetero) is 1. The van der Waals surface area contributed by atoms with Gasteiger partial charge in [0, 0.05) is 12.1 Å². The minimum atomic E-state index is -0.642. The average molecular weight is 408 g/mol. The molecule has 3 rings (SSSR count). The Labute approximate surface area is 178 Å². The first kappa shape index (κ1) is 21.6. The lowest BCUT2D eigenvalue weighted by atomic mass is 9.95. The van der Waals surface area contributed by atoms with Crippen LogP contribution in [-0.2, 0) is 9.59 Å². The Balaban J connectivity index is 2.08. The van der Waals surface area contributed by atoms with Crippen LogP contribution in [0.25, 0.3) is 5.76 Å². The largest absolute Gasteiger partial charge is 0.507 e. The summed E-state index contributed by atoms with van der Waals surface area (Å²) in [6, 6.07) is 14.0. The molecule has 1 heterocycles. The SMILES string of the molecule is CCCCCCN1C(=O)C(=O)C(=C(O)c2ccc(C)cc2)C1c1cccc(OC)c1. The van der Waals surface area contributed by atoms with E-state index < -0.39 is 17.7 Å². The normalized spacial score (nSPS) is 18.1. The topological polar surface area (TPSA) is 66.8 Å². The molecule has 158 valence electrons. The zero-order valence-electron chi connectivity index (χ0n) is 17.9. The van der Waals surface area contributed by atoms with Gasteiger partial charge in [-0.3, -0.25) is 9.59 Å². The van der Waals surface area contributed by atoms with Crippen molar-refractivity contribution >= 4 is 17.4 Å². The highest BCUT2D eigenvalue weighted by atomic mass is 16.5. The van der Waals surface area contributed by atoms with E-state index in [0.717, 1.165) is 36.8 Å². The lowest BCUT2D eigenvalue weighted by Gasteiger charge is -2.25. The van der Waals surface area contributed by atoms with Gasteiger partial charge in [-0.2, -0.15) is 0 Å². The molecule has 1 atom stereocenters. The van der Waals surface area contributed by atoms with Crippen molar-refractivity contribution in [1.82, 2.24) is 4.90 Å². The van der Waals surface area contributed by atoms with Crippen LogP contribution in [0.1, 0.15) is 55.3 Å². The van der Waals surface area contributed by atoms with E-state index in [-0.39, 0.29) is 11.3 Å². The fourth-order valence-corrected chi connectivity index (χ4v) is 3.84. The van der Waals surface area contributed by atoms with Crippen LogP contribution in [0.4, 0.5) is 0 Å². The van der Waals surface area contributed by atoms with E-state index in [0.29, 0.717) is 17.9 Å². The fourth-order valence-electron chi connectivity index (χ4n) is 3.84. The standard InChI is InChI=1S/C25H29NO4/c1-4-5-6-7-15-26-22(19-9-8-10-20(16-19)30-3)21(24(28)25(26)29)23(27)18-13-11-17(2)12-14-18/h8-14,16,22,27H,4-7,15H2,1-3H3. The van der Waals surface area contributed by atoms with Crippen molar-refractivity contribution in [3.63, 3.8) is 0 Å². The van der Waals surface area contributed by atoms with E-state index in [4.69, 9.17) is 4.74 Å². The number of nitrogens with zero attached hydrogens (tertiary/aromatic N) is 1. The highest BCUT2D eigenvalue weighted by Crippen LogP contribution is 2.40. The van der Waals surface area contributed by atoms with Crippen molar-refractivity contribution in [2.45, 2.75) is 45.6 Å². The second-order valence-corrected chi connectivity index (χ2v) is 7.70. The Morgan fingerprint density at radius 2 is 1.80 bits per heavy atom. The number of likely N-dealkylation sites (tertiary alicyclic amines) is 1. The van der Waals surface area contributed by atoms with Crippen LogP contribution >= 0.6 is 0 Å². The molecule has 0 saturated carbocycles. The number of carbonyl (C=O) groups excluding carboxylic acids is 2. The van der Waals surface area contributed by atoms with E-state index in [1.54, 1.807) is 24.1 Å². The van der Waals surface area contributed by atoms with Gasteiger partial charge in [0.1, 0.15) is 11.5 Å². The third kappa shape index (κ3) is 4.40. The molecule has 0 aromatic heterocycles. The molecule has 2 aromatic rings. The van der Waals surface area contributed by atoms with Gasteiger partial charge in [-0.15, -0.1) is 0 Å². The van der Waals surface area contributed by atoms with Crippen LogP contribution in [0, 0.1) is 6.92 Å². The molecule has 1 unspecified atom stereocenters. The van der Waals surface area contributed by atoms with Crippen molar-refractivity contribution in [2.24, 2.45) is 0 Å². The number of hydrogen-bond acceptors (Lipinski definition) is 4. The van der Waals surface area contributed by atoms with Crippen LogP contribution in [-0.4, -0.2) is 35.4 Å². The van der Waals surface area contributed by atoms with E-state index in [1.807, 2.05) is 43.3 Å². The Morgan fingerprint density at radius 3 is 2.47 bits per heavy atom. The number of methoxy groups -OCH3 is 1. The highest BCUT2D eigenvalue weighted by Gasteiger charge is 2.45. The van der Waals surface area contributed by atoms with Crippen LogP contribution in [0.2, 0.25) is 0 Å². The van der Waals surface area contributed by atoms with Crippen LogP contribution in [0.3, 0.4) is 0 Å². The minimum absolute atomic E-state index is 0.132. The second kappa shape index (κ2) is 9.61. The van der Waals surface area contributed by atoms with Crippen molar-refractivity contribution in [1.29, 1.82) is 0 Å². The summed E-state index contributed by atoms with van der Waals surface area (Å²) in [5.41, 5.74) is 2.45. The number of benzene rings is 2. The average Bonchev–Trinajstić information content (AvgIpc) is 3.01. The van der Waals surface area contributed by atoms with Crippen molar-refractivity contribution < 1.29 is 19.4 Å². The van der Waals surface area contributed by atoms with Crippen molar-refractivity contribution in [3.8, 4) is 5.75 Å². The molecule has 1 fully saturated rings. The molecule has 5 heteroatoms. The van der Waals surface area contributed by atoms with Gasteiger partial charge in [0.25, 0.3) is 11.7 Å². The zero-order valence-corrected chi connectivity index (χ0v) is 17.9. The molecular formula is C25H29NO4. The maximum Gasteiger partial charge on any atom is 0.295 e. The molecule has 1 amide bonds. The zero-order chi connectivity index (χ0) is 21.7. The van der Waals surface area contributed by atoms with E-state index in [2.05, 4.69) is 6.92 Å². The molecule has 2 aromatic carbocycles. The monoisotopic (exact) mass is 407 g/mol. The summed E-state index contributed by atoms with van der Waals surface area (Å²) in [5, 5.41) is 11.0. The lowest BCUT2D eigenvalue weighted by molar-refractivity contribution is -0.139. The molecule has 1 N–H and O–H groups in total. The second-order valence-electron chi connectivity index (χ2n) is 7.70. The molecule has 1 saturated heterocycles. The first-order chi connectivity index (χ1) is 14.5. The highest BCUT2D eigenvalue weighted by molar-refractivity contribution is 6.46. The van der Waals surface area contributed by atoms with Crippen molar-refractivity contribution in [2.75, 3.05) is 13.7 Å². The number of aliphatic hydroxyl groups is 1. The molecule has 1 aliphatic heterocycles. The van der Waals surface area contributed by atoms with Gasteiger partial charge in [-0.05, 0) is 31.0 Å². The third-order valence-corrected chi connectivity index (χ3v) is 5.53. The summed E-state index contributed by atoms with van der Waals surface area (Å²) in [5.74, 6) is -0.707. The summed E-state index contributed by atoms with van der Waals surface area (Å²) in [7, 11) is 1.58.